The van der Waals surface area contributed by atoms with Gasteiger partial charge in [0.1, 0.15) is 18.3 Å². The molecule has 1 N–H and O–H groups in total. The van der Waals surface area contributed by atoms with Crippen LogP contribution in [0.25, 0.3) is 0 Å². The molecule has 0 aliphatic carbocycles. The molecular formula is C35H37Cl2N3O5S. The van der Waals surface area contributed by atoms with Gasteiger partial charge in [-0.25, -0.2) is 8.42 Å². The summed E-state index contributed by atoms with van der Waals surface area (Å²) in [6, 6.07) is 27.6. The van der Waals surface area contributed by atoms with Crippen molar-refractivity contribution < 1.29 is 22.7 Å². The van der Waals surface area contributed by atoms with E-state index in [1.807, 2.05) is 37.3 Å². The second-order valence-corrected chi connectivity index (χ2v) is 13.3. The summed E-state index contributed by atoms with van der Waals surface area (Å²) in [6.45, 7) is 1.79. The fourth-order valence-corrected chi connectivity index (χ4v) is 6.80. The van der Waals surface area contributed by atoms with E-state index >= 15 is 0 Å². The summed E-state index contributed by atoms with van der Waals surface area (Å²) < 4.78 is 34.6. The highest BCUT2D eigenvalue weighted by Crippen LogP contribution is 2.29. The van der Waals surface area contributed by atoms with Gasteiger partial charge in [0, 0.05) is 35.6 Å². The molecule has 0 spiro atoms. The number of hydrogen-bond donors (Lipinski definition) is 1. The maximum Gasteiger partial charge on any atom is 0.264 e. The Morgan fingerprint density at radius 1 is 0.891 bits per heavy atom. The van der Waals surface area contributed by atoms with Gasteiger partial charge in [0.15, 0.2) is 0 Å². The normalized spacial score (nSPS) is 11.8. The van der Waals surface area contributed by atoms with E-state index in [0.29, 0.717) is 27.9 Å². The minimum Gasteiger partial charge on any atom is -0.497 e. The van der Waals surface area contributed by atoms with Crippen molar-refractivity contribution in [3.8, 4) is 5.75 Å². The highest BCUT2D eigenvalue weighted by Gasteiger charge is 2.35. The Kier molecular flexibility index (Phi) is 12.5. The van der Waals surface area contributed by atoms with E-state index in [0.717, 1.165) is 22.7 Å². The lowest BCUT2D eigenvalue weighted by Gasteiger charge is -2.34. The van der Waals surface area contributed by atoms with E-state index in [1.54, 1.807) is 60.7 Å². The monoisotopic (exact) mass is 681 g/mol. The Morgan fingerprint density at radius 2 is 1.59 bits per heavy atom. The lowest BCUT2D eigenvalue weighted by atomic mass is 10.0. The Bertz CT molecular complexity index is 1720. The maximum atomic E-state index is 14.5. The smallest absolute Gasteiger partial charge is 0.264 e. The van der Waals surface area contributed by atoms with Gasteiger partial charge in [-0.3, -0.25) is 13.9 Å². The van der Waals surface area contributed by atoms with Crippen molar-refractivity contribution >= 4 is 50.7 Å². The predicted molar refractivity (Wildman–Crippen MR) is 183 cm³/mol. The highest BCUT2D eigenvalue weighted by molar-refractivity contribution is 7.92. The van der Waals surface area contributed by atoms with Crippen molar-refractivity contribution in [2.75, 3.05) is 24.5 Å². The van der Waals surface area contributed by atoms with Crippen molar-refractivity contribution in [3.63, 3.8) is 0 Å². The number of rotatable bonds is 15. The zero-order valence-electron chi connectivity index (χ0n) is 25.7. The molecule has 0 bridgehead atoms. The molecule has 4 rings (SSSR count). The number of anilines is 1. The number of methoxy groups -OCH3 is 1. The van der Waals surface area contributed by atoms with E-state index in [-0.39, 0.29) is 29.5 Å². The number of ether oxygens (including phenoxy) is 1. The Labute approximate surface area is 280 Å². The van der Waals surface area contributed by atoms with Gasteiger partial charge in [0.2, 0.25) is 11.8 Å². The molecule has 0 aliphatic rings. The number of benzene rings is 4. The standard InChI is InChI=1S/C35H37Cl2N3O5S/c1-3-4-20-38-35(42)33(21-26-12-7-5-8-13-26)39(24-27-18-19-28(36)22-32(27)37)34(41)25-40(29-14-11-15-30(23-29)45-2)46(43,44)31-16-9-6-10-17-31/h5-19,22-23,33H,3-4,20-21,24-25H2,1-2H3,(H,38,42)/t33-/m1/s1. The van der Waals surface area contributed by atoms with Crippen LogP contribution in [0.15, 0.2) is 108 Å². The van der Waals surface area contributed by atoms with Crippen LogP contribution in [0.4, 0.5) is 5.69 Å². The van der Waals surface area contributed by atoms with Crippen LogP contribution in [0, 0.1) is 0 Å². The molecular weight excluding hydrogens is 645 g/mol. The molecule has 4 aromatic carbocycles. The van der Waals surface area contributed by atoms with E-state index < -0.39 is 28.5 Å². The summed E-state index contributed by atoms with van der Waals surface area (Å²) in [5, 5.41) is 3.71. The molecule has 0 aliphatic heterocycles. The zero-order chi connectivity index (χ0) is 33.1. The van der Waals surface area contributed by atoms with Crippen molar-refractivity contribution in [1.29, 1.82) is 0 Å². The molecule has 11 heteroatoms. The summed E-state index contributed by atoms with van der Waals surface area (Å²) in [6.07, 6.45) is 1.83. The molecule has 8 nitrogen and oxygen atoms in total. The van der Waals surface area contributed by atoms with Crippen molar-refractivity contribution in [3.05, 3.63) is 124 Å². The quantitative estimate of drug-likeness (QED) is 0.140. The third-order valence-corrected chi connectivity index (χ3v) is 9.78. The predicted octanol–water partition coefficient (Wildman–Crippen LogP) is 6.75. The summed E-state index contributed by atoms with van der Waals surface area (Å²) in [5.74, 6) is -0.533. The molecule has 0 unspecified atom stereocenters. The first-order valence-corrected chi connectivity index (χ1v) is 17.1. The number of unbranched alkanes of at least 4 members (excludes halogenated alkanes) is 1. The molecule has 242 valence electrons. The summed E-state index contributed by atoms with van der Waals surface area (Å²) >= 11 is 12.7. The van der Waals surface area contributed by atoms with Crippen LogP contribution in [-0.4, -0.2) is 51.4 Å². The van der Waals surface area contributed by atoms with E-state index in [4.69, 9.17) is 27.9 Å². The summed E-state index contributed by atoms with van der Waals surface area (Å²) in [4.78, 5) is 29.8. The topological polar surface area (TPSA) is 96.0 Å². The Hall–Kier alpha value is -4.05. The molecule has 46 heavy (non-hydrogen) atoms. The largest absolute Gasteiger partial charge is 0.497 e. The number of carbonyl (C=O) groups excluding carboxylic acids is 2. The molecule has 1 atom stereocenters. The average Bonchev–Trinajstić information content (AvgIpc) is 3.06. The van der Waals surface area contributed by atoms with Crippen LogP contribution in [0.2, 0.25) is 10.0 Å². The van der Waals surface area contributed by atoms with E-state index in [9.17, 15) is 18.0 Å². The van der Waals surface area contributed by atoms with Gasteiger partial charge in [0.05, 0.1) is 17.7 Å². The first-order valence-electron chi connectivity index (χ1n) is 14.9. The Morgan fingerprint density at radius 3 is 2.24 bits per heavy atom. The van der Waals surface area contributed by atoms with Gasteiger partial charge >= 0.3 is 0 Å². The minimum atomic E-state index is -4.23. The maximum absolute atomic E-state index is 14.5. The van der Waals surface area contributed by atoms with Crippen LogP contribution >= 0.6 is 23.2 Å². The SMILES string of the molecule is CCCCNC(=O)[C@@H](Cc1ccccc1)N(Cc1ccc(Cl)cc1Cl)C(=O)CN(c1cccc(OC)c1)S(=O)(=O)c1ccccc1. The molecule has 4 aromatic rings. The van der Waals surface area contributed by atoms with Crippen LogP contribution in [0.3, 0.4) is 0 Å². The average molecular weight is 683 g/mol. The van der Waals surface area contributed by atoms with Crippen LogP contribution in [0.5, 0.6) is 5.75 Å². The van der Waals surface area contributed by atoms with Crippen molar-refractivity contribution in [1.82, 2.24) is 10.2 Å². The number of hydrogen-bond acceptors (Lipinski definition) is 5. The number of sulfonamides is 1. The number of nitrogens with one attached hydrogen (secondary N) is 1. The van der Waals surface area contributed by atoms with Gasteiger partial charge in [0.25, 0.3) is 10.0 Å². The molecule has 0 heterocycles. The fourth-order valence-electron chi connectivity index (χ4n) is 4.91. The van der Waals surface area contributed by atoms with Gasteiger partial charge < -0.3 is 15.0 Å². The van der Waals surface area contributed by atoms with Gasteiger partial charge in [-0.1, -0.05) is 97.2 Å². The van der Waals surface area contributed by atoms with Crippen LogP contribution in [0.1, 0.15) is 30.9 Å². The van der Waals surface area contributed by atoms with Gasteiger partial charge in [-0.2, -0.15) is 0 Å². The number of halogens is 2. The molecule has 2 amide bonds. The van der Waals surface area contributed by atoms with Crippen LogP contribution < -0.4 is 14.4 Å². The van der Waals surface area contributed by atoms with Gasteiger partial charge in [-0.05, 0) is 53.9 Å². The molecule has 0 saturated heterocycles. The molecule has 0 radical (unpaired) electrons. The Balaban J connectivity index is 1.81. The summed E-state index contributed by atoms with van der Waals surface area (Å²) in [5.41, 5.74) is 1.62. The first kappa shape index (κ1) is 34.8. The lowest BCUT2D eigenvalue weighted by Crippen LogP contribution is -2.53. The second-order valence-electron chi connectivity index (χ2n) is 10.6. The van der Waals surface area contributed by atoms with Crippen molar-refractivity contribution in [2.45, 2.75) is 43.7 Å². The van der Waals surface area contributed by atoms with Crippen molar-refractivity contribution in [2.24, 2.45) is 0 Å². The van der Waals surface area contributed by atoms with Gasteiger partial charge in [-0.15, -0.1) is 0 Å². The number of amides is 2. The molecule has 0 saturated carbocycles. The zero-order valence-corrected chi connectivity index (χ0v) is 28.1. The molecule has 0 aromatic heterocycles. The molecule has 0 fully saturated rings. The van der Waals surface area contributed by atoms with Crippen LogP contribution in [-0.2, 0) is 32.6 Å². The lowest BCUT2D eigenvalue weighted by molar-refractivity contribution is -0.140. The highest BCUT2D eigenvalue weighted by atomic mass is 35.5. The minimum absolute atomic E-state index is 0.0102. The second kappa shape index (κ2) is 16.5. The fraction of sp³-hybridized carbons (Fsp3) is 0.257. The first-order chi connectivity index (χ1) is 22.1. The third-order valence-electron chi connectivity index (χ3n) is 7.41. The number of nitrogens with zero attached hydrogens (tertiary/aromatic N) is 2. The van der Waals surface area contributed by atoms with E-state index in [2.05, 4.69) is 5.32 Å². The number of carbonyl (C=O) groups is 2. The summed E-state index contributed by atoms with van der Waals surface area (Å²) in [7, 11) is -2.76. The third kappa shape index (κ3) is 9.02. The van der Waals surface area contributed by atoms with E-state index in [1.165, 1.54) is 24.1 Å².